The van der Waals surface area contributed by atoms with Crippen molar-refractivity contribution >= 4 is 22.4 Å². The molecule has 7 heteroatoms. The summed E-state index contributed by atoms with van der Waals surface area (Å²) < 4.78 is 11.2. The molecule has 0 aliphatic carbocycles. The van der Waals surface area contributed by atoms with Gasteiger partial charge in [-0.3, -0.25) is 4.79 Å². The number of nitrogens with zero attached hydrogens (tertiary/aromatic N) is 2. The molecule has 1 aromatic rings. The quantitative estimate of drug-likeness (QED) is 0.920. The molecule has 1 unspecified atom stereocenters. The minimum Gasteiger partial charge on any atom is -0.376 e. The van der Waals surface area contributed by atoms with Gasteiger partial charge in [0.2, 0.25) is 5.91 Å². The number of aromatic nitrogens is 1. The fourth-order valence-corrected chi connectivity index (χ4v) is 2.77. The van der Waals surface area contributed by atoms with Gasteiger partial charge in [0.05, 0.1) is 37.0 Å². The molecule has 0 spiro atoms. The van der Waals surface area contributed by atoms with Crippen LogP contribution in [-0.2, 0) is 14.3 Å². The summed E-state index contributed by atoms with van der Waals surface area (Å²) in [5.41, 5.74) is 0.265. The average Bonchev–Trinajstić information content (AvgIpc) is 2.67. The number of rotatable bonds is 3. The van der Waals surface area contributed by atoms with E-state index in [9.17, 15) is 4.79 Å². The van der Waals surface area contributed by atoms with Crippen LogP contribution in [-0.4, -0.2) is 35.8 Å². The van der Waals surface area contributed by atoms with E-state index in [4.69, 9.17) is 14.7 Å². The van der Waals surface area contributed by atoms with Gasteiger partial charge in [-0.1, -0.05) is 11.3 Å². The lowest BCUT2D eigenvalue weighted by atomic mass is 10.1. The number of nitriles is 1. The van der Waals surface area contributed by atoms with Crippen LogP contribution in [0, 0.1) is 18.3 Å². The second kappa shape index (κ2) is 5.87. The summed E-state index contributed by atoms with van der Waals surface area (Å²) in [6, 6.07) is 2.04. The van der Waals surface area contributed by atoms with Crippen molar-refractivity contribution in [2.45, 2.75) is 38.9 Å². The first kappa shape index (κ1) is 14.9. The maximum Gasteiger partial charge on any atom is 0.228 e. The van der Waals surface area contributed by atoms with Crippen LogP contribution in [0.5, 0.6) is 0 Å². The van der Waals surface area contributed by atoms with Gasteiger partial charge in [0.15, 0.2) is 5.13 Å². The Morgan fingerprint density at radius 3 is 3.00 bits per heavy atom. The maximum atomic E-state index is 11.9. The minimum atomic E-state index is -0.366. The molecule has 1 amide bonds. The first-order valence-electron chi connectivity index (χ1n) is 6.32. The summed E-state index contributed by atoms with van der Waals surface area (Å²) in [6.45, 7) is 6.55. The van der Waals surface area contributed by atoms with Gasteiger partial charge in [0.25, 0.3) is 0 Å². The molecule has 1 atom stereocenters. The fraction of sp³-hybridized carbons (Fsp3) is 0.615. The van der Waals surface area contributed by atoms with Gasteiger partial charge in [0, 0.05) is 0 Å². The van der Waals surface area contributed by atoms with Crippen molar-refractivity contribution in [2.24, 2.45) is 0 Å². The molecular weight excluding hydrogens is 278 g/mol. The van der Waals surface area contributed by atoms with Crippen molar-refractivity contribution in [3.05, 3.63) is 10.6 Å². The topological polar surface area (TPSA) is 84.2 Å². The van der Waals surface area contributed by atoms with Crippen LogP contribution >= 0.6 is 11.3 Å². The third kappa shape index (κ3) is 3.76. The van der Waals surface area contributed by atoms with Crippen molar-refractivity contribution in [1.29, 1.82) is 5.26 Å². The van der Waals surface area contributed by atoms with Crippen molar-refractivity contribution in [3.8, 4) is 6.07 Å². The van der Waals surface area contributed by atoms with E-state index in [-0.39, 0.29) is 24.0 Å². The minimum absolute atomic E-state index is 0.186. The van der Waals surface area contributed by atoms with Crippen LogP contribution in [0.25, 0.3) is 0 Å². The number of anilines is 1. The number of aryl methyl sites for hydroxylation is 1. The Morgan fingerprint density at radius 1 is 1.65 bits per heavy atom. The maximum absolute atomic E-state index is 11.9. The molecule has 0 aromatic carbocycles. The largest absolute Gasteiger partial charge is 0.376 e. The molecule has 108 valence electrons. The lowest BCUT2D eigenvalue weighted by molar-refractivity contribution is -0.184. The molecule has 1 N–H and O–H groups in total. The standard InChI is InChI=1S/C13H17N3O3S/c1-8-10(5-14)20-12(15-8)16-11(17)4-9-6-18-7-13(2,3)19-9/h9H,4,6-7H2,1-3H3,(H,15,16,17). The van der Waals surface area contributed by atoms with E-state index in [2.05, 4.69) is 10.3 Å². The number of amides is 1. The smallest absolute Gasteiger partial charge is 0.228 e. The van der Waals surface area contributed by atoms with E-state index in [1.807, 2.05) is 19.9 Å². The number of thiazole rings is 1. The number of ether oxygens (including phenoxy) is 2. The van der Waals surface area contributed by atoms with Crippen LogP contribution in [0.2, 0.25) is 0 Å². The Morgan fingerprint density at radius 2 is 2.40 bits per heavy atom. The molecule has 6 nitrogen and oxygen atoms in total. The molecule has 20 heavy (non-hydrogen) atoms. The molecule has 1 aliphatic heterocycles. The Bertz CT molecular complexity index is 548. The van der Waals surface area contributed by atoms with Gasteiger partial charge in [-0.05, 0) is 20.8 Å². The third-order valence-corrected chi connectivity index (χ3v) is 3.77. The third-order valence-electron chi connectivity index (χ3n) is 2.80. The summed E-state index contributed by atoms with van der Waals surface area (Å²) in [5, 5.41) is 12.0. The first-order valence-corrected chi connectivity index (χ1v) is 7.14. The van der Waals surface area contributed by atoms with E-state index in [1.54, 1.807) is 6.92 Å². The fourth-order valence-electron chi connectivity index (χ4n) is 1.99. The molecule has 1 saturated heterocycles. The van der Waals surface area contributed by atoms with Crippen LogP contribution < -0.4 is 5.32 Å². The highest BCUT2D eigenvalue weighted by Gasteiger charge is 2.30. The number of hydrogen-bond acceptors (Lipinski definition) is 6. The average molecular weight is 295 g/mol. The predicted molar refractivity (Wildman–Crippen MR) is 74.6 cm³/mol. The second-order valence-corrected chi connectivity index (χ2v) is 6.31. The molecule has 0 radical (unpaired) electrons. The van der Waals surface area contributed by atoms with Gasteiger partial charge in [0.1, 0.15) is 10.9 Å². The van der Waals surface area contributed by atoms with E-state index < -0.39 is 0 Å². The molecule has 0 bridgehead atoms. The Kier molecular flexibility index (Phi) is 4.38. The van der Waals surface area contributed by atoms with Gasteiger partial charge < -0.3 is 14.8 Å². The number of nitrogens with one attached hydrogen (secondary N) is 1. The molecule has 2 rings (SSSR count). The van der Waals surface area contributed by atoms with Gasteiger partial charge in [-0.2, -0.15) is 5.26 Å². The van der Waals surface area contributed by atoms with E-state index in [0.29, 0.717) is 28.9 Å². The molecule has 2 heterocycles. The normalized spacial score (nSPS) is 21.2. The molecule has 1 aromatic heterocycles. The number of carbonyl (C=O) groups is 1. The van der Waals surface area contributed by atoms with Gasteiger partial charge in [-0.15, -0.1) is 0 Å². The summed E-state index contributed by atoms with van der Waals surface area (Å²) in [6.07, 6.45) is -0.0422. The molecular formula is C13H17N3O3S. The highest BCUT2D eigenvalue weighted by Crippen LogP contribution is 2.23. The predicted octanol–water partition coefficient (Wildman–Crippen LogP) is 1.85. The van der Waals surface area contributed by atoms with Crippen molar-refractivity contribution < 1.29 is 14.3 Å². The number of hydrogen-bond donors (Lipinski definition) is 1. The van der Waals surface area contributed by atoms with Crippen LogP contribution in [0.3, 0.4) is 0 Å². The summed E-state index contributed by atoms with van der Waals surface area (Å²) in [5.74, 6) is -0.186. The van der Waals surface area contributed by atoms with Crippen LogP contribution in [0.15, 0.2) is 0 Å². The van der Waals surface area contributed by atoms with E-state index in [1.165, 1.54) is 11.3 Å². The van der Waals surface area contributed by atoms with Gasteiger partial charge >= 0.3 is 0 Å². The van der Waals surface area contributed by atoms with Crippen LogP contribution in [0.1, 0.15) is 30.8 Å². The number of carbonyl (C=O) groups excluding carboxylic acids is 1. The van der Waals surface area contributed by atoms with Crippen molar-refractivity contribution in [3.63, 3.8) is 0 Å². The van der Waals surface area contributed by atoms with E-state index in [0.717, 1.165) is 0 Å². The first-order chi connectivity index (χ1) is 9.39. The van der Waals surface area contributed by atoms with Gasteiger partial charge in [-0.25, -0.2) is 4.98 Å². The zero-order chi connectivity index (χ0) is 14.8. The molecule has 1 fully saturated rings. The van der Waals surface area contributed by atoms with E-state index >= 15 is 0 Å². The highest BCUT2D eigenvalue weighted by molar-refractivity contribution is 7.16. The summed E-state index contributed by atoms with van der Waals surface area (Å²) >= 11 is 1.17. The Balaban J connectivity index is 1.90. The SMILES string of the molecule is Cc1nc(NC(=O)CC2COCC(C)(C)O2)sc1C#N. The van der Waals surface area contributed by atoms with Crippen molar-refractivity contribution in [1.82, 2.24) is 4.98 Å². The highest BCUT2D eigenvalue weighted by atomic mass is 32.1. The molecule has 0 saturated carbocycles. The van der Waals surface area contributed by atoms with Crippen LogP contribution in [0.4, 0.5) is 5.13 Å². The summed E-state index contributed by atoms with van der Waals surface area (Å²) in [4.78, 5) is 16.6. The Hall–Kier alpha value is -1.49. The zero-order valence-corrected chi connectivity index (χ0v) is 12.5. The monoisotopic (exact) mass is 295 g/mol. The lowest BCUT2D eigenvalue weighted by Gasteiger charge is -2.35. The van der Waals surface area contributed by atoms with Crippen molar-refractivity contribution in [2.75, 3.05) is 18.5 Å². The summed E-state index contributed by atoms with van der Waals surface area (Å²) in [7, 11) is 0. The Labute approximate surface area is 121 Å². The zero-order valence-electron chi connectivity index (χ0n) is 11.7. The second-order valence-electron chi connectivity index (χ2n) is 5.31. The lowest BCUT2D eigenvalue weighted by Crippen LogP contribution is -2.44. The molecule has 1 aliphatic rings.